The number of ether oxygens (including phenoxy) is 1. The van der Waals surface area contributed by atoms with E-state index in [1.807, 2.05) is 4.90 Å². The van der Waals surface area contributed by atoms with Crippen molar-refractivity contribution in [2.45, 2.75) is 6.04 Å². The van der Waals surface area contributed by atoms with Crippen molar-refractivity contribution in [3.63, 3.8) is 0 Å². The molecule has 0 aromatic heterocycles. The number of nitrogens with zero attached hydrogens (tertiary/aromatic N) is 1. The number of carbonyl (C=O) groups excluding carboxylic acids is 1. The summed E-state index contributed by atoms with van der Waals surface area (Å²) in [5.41, 5.74) is 6.17. The highest BCUT2D eigenvalue weighted by atomic mass is 19.1. The molecule has 0 spiro atoms. The van der Waals surface area contributed by atoms with Crippen LogP contribution in [0.25, 0.3) is 0 Å². The first-order valence-electron chi connectivity index (χ1n) is 5.07. The van der Waals surface area contributed by atoms with Crippen LogP contribution in [0.4, 0.5) is 15.8 Å². The molecular formula is C11H13FN2O2. The quantitative estimate of drug-likeness (QED) is 0.596. The molecule has 0 amide bonds. The van der Waals surface area contributed by atoms with Crippen molar-refractivity contribution >= 4 is 17.7 Å². The third kappa shape index (κ3) is 1.99. The zero-order valence-electron chi connectivity index (χ0n) is 8.73. The fourth-order valence-electron chi connectivity index (χ4n) is 1.75. The van der Waals surface area contributed by atoms with Gasteiger partial charge < -0.3 is 20.2 Å². The lowest BCUT2D eigenvalue weighted by Crippen LogP contribution is -2.46. The Balaban J connectivity index is 2.27. The fourth-order valence-corrected chi connectivity index (χ4v) is 1.75. The molecule has 5 heteroatoms. The van der Waals surface area contributed by atoms with E-state index in [4.69, 9.17) is 10.5 Å². The van der Waals surface area contributed by atoms with Crippen LogP contribution in [0.2, 0.25) is 0 Å². The minimum Gasteiger partial charge on any atom is -0.396 e. The molecule has 1 aliphatic heterocycles. The van der Waals surface area contributed by atoms with Crippen molar-refractivity contribution in [1.29, 1.82) is 0 Å². The molecule has 16 heavy (non-hydrogen) atoms. The molecule has 0 saturated carbocycles. The summed E-state index contributed by atoms with van der Waals surface area (Å²) in [7, 11) is 0. The van der Waals surface area contributed by atoms with Crippen LogP contribution in [0.3, 0.4) is 0 Å². The molecule has 0 bridgehead atoms. The standard InChI is InChI=1S/C11H13FN2O2/c12-10-5-8(1-2-11(10)13)14-3-4-16-7-9(14)6-15/h1-2,5-6,9H,3-4,7,13H2. The van der Waals surface area contributed by atoms with Gasteiger partial charge in [-0.25, -0.2) is 4.39 Å². The van der Waals surface area contributed by atoms with Crippen molar-refractivity contribution in [1.82, 2.24) is 0 Å². The number of rotatable bonds is 2. The highest BCUT2D eigenvalue weighted by molar-refractivity contribution is 5.67. The molecule has 1 aliphatic rings. The minimum absolute atomic E-state index is 0.111. The Morgan fingerprint density at radius 2 is 2.38 bits per heavy atom. The summed E-state index contributed by atoms with van der Waals surface area (Å²) in [6.07, 6.45) is 0.813. The van der Waals surface area contributed by atoms with E-state index in [-0.39, 0.29) is 11.7 Å². The Labute approximate surface area is 92.8 Å². The van der Waals surface area contributed by atoms with Gasteiger partial charge in [-0.15, -0.1) is 0 Å². The van der Waals surface area contributed by atoms with Gasteiger partial charge in [0, 0.05) is 12.2 Å². The van der Waals surface area contributed by atoms with Gasteiger partial charge in [0.25, 0.3) is 0 Å². The summed E-state index contributed by atoms with van der Waals surface area (Å²) in [6.45, 7) is 1.46. The minimum atomic E-state index is -0.464. The lowest BCUT2D eigenvalue weighted by Gasteiger charge is -2.34. The number of hydrogen-bond donors (Lipinski definition) is 1. The smallest absolute Gasteiger partial charge is 0.148 e. The van der Waals surface area contributed by atoms with E-state index in [1.165, 1.54) is 12.1 Å². The third-order valence-electron chi connectivity index (χ3n) is 2.64. The molecule has 86 valence electrons. The summed E-state index contributed by atoms with van der Waals surface area (Å²) < 4.78 is 18.5. The second kappa shape index (κ2) is 4.49. The van der Waals surface area contributed by atoms with Crippen LogP contribution in [-0.4, -0.2) is 32.1 Å². The normalized spacial score (nSPS) is 20.8. The number of hydrogen-bond acceptors (Lipinski definition) is 4. The molecule has 1 unspecified atom stereocenters. The van der Waals surface area contributed by atoms with Crippen molar-refractivity contribution in [2.24, 2.45) is 0 Å². The van der Waals surface area contributed by atoms with E-state index < -0.39 is 5.82 Å². The lowest BCUT2D eigenvalue weighted by molar-refractivity contribution is -0.111. The molecule has 1 saturated heterocycles. The highest BCUT2D eigenvalue weighted by Crippen LogP contribution is 2.22. The Morgan fingerprint density at radius 1 is 1.56 bits per heavy atom. The van der Waals surface area contributed by atoms with Gasteiger partial charge in [0.1, 0.15) is 18.1 Å². The molecule has 1 fully saturated rings. The summed E-state index contributed by atoms with van der Waals surface area (Å²) in [4.78, 5) is 12.7. The van der Waals surface area contributed by atoms with Crippen molar-refractivity contribution in [3.8, 4) is 0 Å². The number of nitrogens with two attached hydrogens (primary N) is 1. The highest BCUT2D eigenvalue weighted by Gasteiger charge is 2.23. The van der Waals surface area contributed by atoms with Gasteiger partial charge in [-0.2, -0.15) is 0 Å². The SMILES string of the molecule is Nc1ccc(N2CCOCC2C=O)cc1F. The number of benzene rings is 1. The molecule has 0 radical (unpaired) electrons. The van der Waals surface area contributed by atoms with Crippen LogP contribution in [-0.2, 0) is 9.53 Å². The van der Waals surface area contributed by atoms with Gasteiger partial charge in [-0.3, -0.25) is 0 Å². The van der Waals surface area contributed by atoms with E-state index in [9.17, 15) is 9.18 Å². The first kappa shape index (κ1) is 10.9. The van der Waals surface area contributed by atoms with Gasteiger partial charge >= 0.3 is 0 Å². The molecule has 2 N–H and O–H groups in total. The summed E-state index contributed by atoms with van der Waals surface area (Å²) in [5, 5.41) is 0. The lowest BCUT2D eigenvalue weighted by atomic mass is 10.2. The third-order valence-corrected chi connectivity index (χ3v) is 2.64. The second-order valence-corrected chi connectivity index (χ2v) is 3.68. The van der Waals surface area contributed by atoms with Crippen molar-refractivity contribution < 1.29 is 13.9 Å². The van der Waals surface area contributed by atoms with Crippen LogP contribution >= 0.6 is 0 Å². The zero-order chi connectivity index (χ0) is 11.5. The predicted molar refractivity (Wildman–Crippen MR) is 58.8 cm³/mol. The molecule has 1 aromatic rings. The number of nitrogen functional groups attached to an aromatic ring is 1. The van der Waals surface area contributed by atoms with Crippen LogP contribution in [0.1, 0.15) is 0 Å². The average Bonchev–Trinajstić information content (AvgIpc) is 2.32. The van der Waals surface area contributed by atoms with Gasteiger partial charge in [0.05, 0.1) is 18.9 Å². The molecule has 2 rings (SSSR count). The molecule has 1 aromatic carbocycles. The Kier molecular flexibility index (Phi) is 3.05. The number of morpholine rings is 1. The zero-order valence-corrected chi connectivity index (χ0v) is 8.73. The monoisotopic (exact) mass is 224 g/mol. The van der Waals surface area contributed by atoms with E-state index in [2.05, 4.69) is 0 Å². The Hall–Kier alpha value is -1.62. The van der Waals surface area contributed by atoms with Gasteiger partial charge in [0.2, 0.25) is 0 Å². The molecule has 0 aliphatic carbocycles. The Bertz CT molecular complexity index is 398. The summed E-state index contributed by atoms with van der Waals surface area (Å²) >= 11 is 0. The first-order chi connectivity index (χ1) is 7.72. The maximum Gasteiger partial charge on any atom is 0.148 e. The molecule has 4 nitrogen and oxygen atoms in total. The van der Waals surface area contributed by atoms with E-state index in [0.717, 1.165) is 6.29 Å². The maximum atomic E-state index is 13.3. The van der Waals surface area contributed by atoms with E-state index in [1.54, 1.807) is 6.07 Å². The fraction of sp³-hybridized carbons (Fsp3) is 0.364. The molecule has 1 heterocycles. The average molecular weight is 224 g/mol. The summed E-state index contributed by atoms with van der Waals surface area (Å²) in [6, 6.07) is 4.20. The topological polar surface area (TPSA) is 55.6 Å². The molecule has 1 atom stereocenters. The van der Waals surface area contributed by atoms with Crippen LogP contribution in [0.5, 0.6) is 0 Å². The van der Waals surface area contributed by atoms with E-state index in [0.29, 0.717) is 25.4 Å². The number of aldehydes is 1. The molecular weight excluding hydrogens is 211 g/mol. The Morgan fingerprint density at radius 3 is 3.06 bits per heavy atom. The summed E-state index contributed by atoms with van der Waals surface area (Å²) in [5.74, 6) is -0.464. The number of anilines is 2. The van der Waals surface area contributed by atoms with Crippen LogP contribution in [0.15, 0.2) is 18.2 Å². The van der Waals surface area contributed by atoms with Crippen LogP contribution in [0, 0.1) is 5.82 Å². The van der Waals surface area contributed by atoms with Gasteiger partial charge in [-0.1, -0.05) is 0 Å². The number of halogens is 1. The first-order valence-corrected chi connectivity index (χ1v) is 5.07. The van der Waals surface area contributed by atoms with Crippen molar-refractivity contribution in [3.05, 3.63) is 24.0 Å². The van der Waals surface area contributed by atoms with Gasteiger partial charge in [-0.05, 0) is 18.2 Å². The largest absolute Gasteiger partial charge is 0.396 e. The predicted octanol–water partition coefficient (Wildman–Crippen LogP) is 0.812. The van der Waals surface area contributed by atoms with Crippen molar-refractivity contribution in [2.75, 3.05) is 30.4 Å². The van der Waals surface area contributed by atoms with E-state index >= 15 is 0 Å². The van der Waals surface area contributed by atoms with Gasteiger partial charge in [0.15, 0.2) is 0 Å². The maximum absolute atomic E-state index is 13.3. The second-order valence-electron chi connectivity index (χ2n) is 3.68. The van der Waals surface area contributed by atoms with Crippen LogP contribution < -0.4 is 10.6 Å². The number of carbonyl (C=O) groups is 1.